The largest absolute Gasteiger partial charge is 0.396 e. The van der Waals surface area contributed by atoms with Gasteiger partial charge in [-0.25, -0.2) is 0 Å². The van der Waals surface area contributed by atoms with Gasteiger partial charge >= 0.3 is 0 Å². The van der Waals surface area contributed by atoms with Gasteiger partial charge in [-0.1, -0.05) is 115 Å². The van der Waals surface area contributed by atoms with Gasteiger partial charge in [0.15, 0.2) is 11.9 Å². The van der Waals surface area contributed by atoms with Gasteiger partial charge < -0.3 is 53.3 Å². The molecule has 428 valence electrons. The van der Waals surface area contributed by atoms with E-state index in [0.29, 0.717) is 131 Å². The number of hydrogen-bond acceptors (Lipinski definition) is 16. The summed E-state index contributed by atoms with van der Waals surface area (Å²) in [5.74, 6) is -0.109. The number of carbonyl (C=O) groups excluding carboxylic acids is 4. The highest BCUT2D eigenvalue weighted by atomic mass is 32.2. The van der Waals surface area contributed by atoms with Crippen LogP contribution in [0.15, 0.2) is 82.8 Å². The average molecular weight is 1150 g/mol. The Bertz CT molecular complexity index is 2230. The molecule has 2 aromatic carbocycles. The number of halogens is 1. The summed E-state index contributed by atoms with van der Waals surface area (Å²) in [7, 11) is 0. The van der Waals surface area contributed by atoms with Crippen LogP contribution in [0.3, 0.4) is 0 Å². The number of nitrogens with zero attached hydrogens (tertiary/aromatic N) is 4. The number of ketones is 2. The predicted octanol–water partition coefficient (Wildman–Crippen LogP) is 6.48. The molecule has 77 heavy (non-hydrogen) atoms. The Balaban J connectivity index is 0. The lowest BCUT2D eigenvalue weighted by Crippen LogP contribution is -2.46. The van der Waals surface area contributed by atoms with Crippen LogP contribution in [-0.2, 0) is 28.7 Å². The summed E-state index contributed by atoms with van der Waals surface area (Å²) in [5.41, 5.74) is 22.3. The van der Waals surface area contributed by atoms with E-state index >= 15 is 0 Å². The van der Waals surface area contributed by atoms with Crippen LogP contribution >= 0.6 is 48.0 Å². The van der Waals surface area contributed by atoms with Crippen LogP contribution in [0, 0.1) is 28.1 Å². The van der Waals surface area contributed by atoms with Crippen molar-refractivity contribution in [2.24, 2.45) is 38.3 Å². The quantitative estimate of drug-likeness (QED) is 0.0119. The first kappa shape index (κ1) is 73.7. The molecule has 2 rings (SSSR count). The molecular weight excluding hydrogens is 1060 g/mol. The number of nitrogens with two attached hydrogens (primary N) is 4. The third kappa shape index (κ3) is 37.2. The van der Waals surface area contributed by atoms with Crippen molar-refractivity contribution >= 4 is 91.7 Å². The van der Waals surface area contributed by atoms with Gasteiger partial charge in [-0.2, -0.15) is 10.5 Å². The normalized spacial score (nSPS) is 12.6. The fourth-order valence-electron chi connectivity index (χ4n) is 6.54. The van der Waals surface area contributed by atoms with E-state index in [1.165, 1.54) is 23.5 Å². The molecule has 0 radical (unpaired) electrons. The minimum atomic E-state index is -1.04. The lowest BCUT2D eigenvalue weighted by Gasteiger charge is -2.34. The summed E-state index contributed by atoms with van der Waals surface area (Å²) in [6.07, 6.45) is 6.17. The molecule has 2 aromatic rings. The van der Waals surface area contributed by atoms with E-state index in [1.54, 1.807) is 20.8 Å². The smallest absolute Gasteiger partial charge is 0.246 e. The van der Waals surface area contributed by atoms with E-state index in [1.807, 2.05) is 67.6 Å². The Morgan fingerprint density at radius 3 is 1.51 bits per heavy atom. The number of carbonyl (C=O) groups is 4. The Morgan fingerprint density at radius 2 is 1.09 bits per heavy atom. The number of benzene rings is 2. The van der Waals surface area contributed by atoms with Gasteiger partial charge in [0, 0.05) is 97.1 Å². The molecule has 18 nitrogen and oxygen atoms in total. The SMILES string of the molecule is C=C(C)C(=O)NCCCN=C(N)N.CC(C#N)(CCC(=O)CCCOCCCO)CC(C)(SC(=S)c1ccccc1)C(=O)NCCCN=C(N)N.CC(C#N)(CCC(=O)CCCOCCCO)SC(=S)c1ccccc1.F. The molecule has 0 heterocycles. The number of aliphatic hydroxyl groups is 2. The van der Waals surface area contributed by atoms with Gasteiger partial charge in [0.25, 0.3) is 0 Å². The van der Waals surface area contributed by atoms with Gasteiger partial charge in [-0.05, 0) is 96.6 Å². The molecule has 0 bridgehead atoms. The zero-order valence-corrected chi connectivity index (χ0v) is 48.5. The lowest BCUT2D eigenvalue weighted by molar-refractivity contribution is -0.123. The first-order chi connectivity index (χ1) is 36.1. The van der Waals surface area contributed by atoms with E-state index < -0.39 is 14.9 Å². The Morgan fingerprint density at radius 1 is 0.662 bits per heavy atom. The molecule has 23 heteroatoms. The second-order valence-corrected chi connectivity index (χ2v) is 22.6. The third-order valence-corrected chi connectivity index (χ3v) is 14.1. The summed E-state index contributed by atoms with van der Waals surface area (Å²) >= 11 is 13.7. The molecule has 3 atom stereocenters. The monoisotopic (exact) mass is 1150 g/mol. The number of amides is 2. The van der Waals surface area contributed by atoms with Gasteiger partial charge in [0.2, 0.25) is 11.8 Å². The number of nitriles is 2. The molecular formula is C54H83FN10O8S4. The number of nitrogens with one attached hydrogen (secondary N) is 2. The van der Waals surface area contributed by atoms with Crippen LogP contribution in [0.25, 0.3) is 0 Å². The average Bonchev–Trinajstić information content (AvgIpc) is 3.39. The van der Waals surface area contributed by atoms with Crippen molar-refractivity contribution in [2.75, 3.05) is 65.8 Å². The van der Waals surface area contributed by atoms with E-state index in [2.05, 4.69) is 39.3 Å². The minimum absolute atomic E-state index is 0. The molecule has 12 N–H and O–H groups in total. The Labute approximate surface area is 474 Å². The van der Waals surface area contributed by atoms with Crippen LogP contribution < -0.4 is 33.6 Å². The van der Waals surface area contributed by atoms with Crippen molar-refractivity contribution in [3.63, 3.8) is 0 Å². The van der Waals surface area contributed by atoms with Crippen molar-refractivity contribution < 1.29 is 43.6 Å². The third-order valence-electron chi connectivity index (χ3n) is 10.8. The molecule has 0 aliphatic rings. The summed E-state index contributed by atoms with van der Waals surface area (Å²) in [6.45, 7) is 14.6. The van der Waals surface area contributed by atoms with Crippen molar-refractivity contribution in [1.82, 2.24) is 10.6 Å². The Hall–Kier alpha value is -5.37. The number of rotatable bonds is 36. The molecule has 0 aliphatic heterocycles. The van der Waals surface area contributed by atoms with Crippen molar-refractivity contribution in [3.8, 4) is 12.1 Å². The molecule has 2 amide bonds. The van der Waals surface area contributed by atoms with Gasteiger partial charge in [-0.15, -0.1) is 0 Å². The molecule has 0 spiro atoms. The standard InChI is InChI=1S/C27H41N5O4S2.C19H25NO3S2.C8H16N4O.FH/c1-26(20-28,13-12-22(34)11-6-17-36-18-8-16-33)19-27(2,24(35)31-14-7-15-32-25(29)30)38-23(37)21-9-4-3-5-10-21;1-19(15-20,25-18(24)16-7-3-2-4-8-16)11-10-17(22)9-5-13-23-14-6-12-21;1-6(2)7(13)11-4-3-5-12-8(9)10;/h3-5,9-10,33H,6-8,11-19H2,1-2H3,(H,31,35)(H4,29,30,32);2-4,7-8,21H,5-6,9-14H2,1H3;1,3-5H2,2H3,(H,11,13)(H4,9,10,12);1H. The molecule has 0 saturated carbocycles. The second-order valence-electron chi connectivity index (χ2n) is 18.2. The summed E-state index contributed by atoms with van der Waals surface area (Å²) in [5, 5.41) is 42.6. The van der Waals surface area contributed by atoms with E-state index in [9.17, 15) is 29.7 Å². The van der Waals surface area contributed by atoms with Gasteiger partial charge in [0.05, 0.1) is 30.7 Å². The highest BCUT2D eigenvalue weighted by molar-refractivity contribution is 8.25. The van der Waals surface area contributed by atoms with Crippen LogP contribution in [0.2, 0.25) is 0 Å². The van der Waals surface area contributed by atoms with Crippen molar-refractivity contribution in [1.29, 1.82) is 10.5 Å². The maximum atomic E-state index is 13.4. The summed E-state index contributed by atoms with van der Waals surface area (Å²) in [4.78, 5) is 56.5. The topological polar surface area (TPSA) is 328 Å². The number of thioether (sulfide) groups is 2. The van der Waals surface area contributed by atoms with Crippen LogP contribution in [0.5, 0.6) is 0 Å². The fourth-order valence-corrected chi connectivity index (χ4v) is 10.0. The van der Waals surface area contributed by atoms with E-state index in [0.717, 1.165) is 17.5 Å². The molecule has 0 aliphatic carbocycles. The fraction of sp³-hybridized carbons (Fsp3) is 0.556. The van der Waals surface area contributed by atoms with Crippen LogP contribution in [-0.4, -0.2) is 129 Å². The molecule has 0 fully saturated rings. The van der Waals surface area contributed by atoms with E-state index in [-0.39, 0.29) is 66.1 Å². The van der Waals surface area contributed by atoms with Gasteiger partial charge in [0.1, 0.15) is 16.3 Å². The number of thiocarbonyl (C=S) groups is 2. The van der Waals surface area contributed by atoms with Gasteiger partial charge in [-0.3, -0.25) is 33.9 Å². The zero-order valence-electron chi connectivity index (χ0n) is 45.2. The van der Waals surface area contributed by atoms with Crippen LogP contribution in [0.1, 0.15) is 122 Å². The number of hydrogen-bond donors (Lipinski definition) is 8. The zero-order chi connectivity index (χ0) is 57.3. The number of aliphatic hydroxyl groups excluding tert-OH is 2. The second kappa shape index (κ2) is 43.6. The summed E-state index contributed by atoms with van der Waals surface area (Å²) < 4.78 is 10.2. The minimum Gasteiger partial charge on any atom is -0.396 e. The maximum Gasteiger partial charge on any atom is 0.246 e. The number of aliphatic imine (C=N–C) groups is 2. The highest BCUT2D eigenvalue weighted by Crippen LogP contribution is 2.42. The summed E-state index contributed by atoms with van der Waals surface area (Å²) in [6, 6.07) is 23.7. The Kier molecular flexibility index (Phi) is 41.7. The number of ether oxygens (including phenoxy) is 2. The number of Topliss-reactive ketones (excluding diaryl/α,β-unsaturated/α-hetero) is 2. The molecule has 3 unspecified atom stereocenters. The predicted molar refractivity (Wildman–Crippen MR) is 318 cm³/mol. The number of guanidine groups is 2. The molecule has 0 saturated heterocycles. The van der Waals surface area contributed by atoms with Crippen LogP contribution in [0.4, 0.5) is 4.70 Å². The first-order valence-corrected chi connectivity index (χ1v) is 27.7. The van der Waals surface area contributed by atoms with Crippen molar-refractivity contribution in [3.05, 3.63) is 83.9 Å². The van der Waals surface area contributed by atoms with E-state index in [4.69, 9.17) is 67.1 Å². The molecule has 0 aromatic heterocycles. The highest BCUT2D eigenvalue weighted by Gasteiger charge is 2.43. The van der Waals surface area contributed by atoms with Crippen molar-refractivity contribution in [2.45, 2.75) is 121 Å². The lowest BCUT2D eigenvalue weighted by atomic mass is 9.77. The maximum absolute atomic E-state index is 13.4. The first-order valence-electron chi connectivity index (χ1n) is 25.2.